The molecule has 3 N–H and O–H groups in total. The van der Waals surface area contributed by atoms with E-state index in [-0.39, 0.29) is 23.5 Å². The summed E-state index contributed by atoms with van der Waals surface area (Å²) in [7, 11) is 0. The number of nitrogens with two attached hydrogens (primary N) is 1. The predicted molar refractivity (Wildman–Crippen MR) is 133 cm³/mol. The zero-order valence-electron chi connectivity index (χ0n) is 20.2. The van der Waals surface area contributed by atoms with E-state index in [0.29, 0.717) is 41.1 Å². The van der Waals surface area contributed by atoms with Crippen molar-refractivity contribution < 1.29 is 18.7 Å². The number of nitrogen functional groups attached to an aromatic ring is 1. The van der Waals surface area contributed by atoms with Crippen LogP contribution in [0.15, 0.2) is 54.9 Å². The van der Waals surface area contributed by atoms with Gasteiger partial charge in [-0.15, -0.1) is 0 Å². The molecule has 10 heteroatoms. The fourth-order valence-electron chi connectivity index (χ4n) is 4.19. The van der Waals surface area contributed by atoms with E-state index in [1.165, 1.54) is 12.4 Å². The molecule has 2 aromatic heterocycles. The summed E-state index contributed by atoms with van der Waals surface area (Å²) in [5.74, 6) is 0.686. The number of benzene rings is 2. The first-order valence-corrected chi connectivity index (χ1v) is 11.7. The molecule has 9 nitrogen and oxygen atoms in total. The van der Waals surface area contributed by atoms with Crippen molar-refractivity contribution in [2.45, 2.75) is 51.3 Å². The van der Waals surface area contributed by atoms with Crippen LogP contribution in [-0.2, 0) is 4.74 Å². The summed E-state index contributed by atoms with van der Waals surface area (Å²) in [5.41, 5.74) is 6.75. The molecule has 5 rings (SSSR count). The Kier molecular flexibility index (Phi) is 5.95. The van der Waals surface area contributed by atoms with Gasteiger partial charge >= 0.3 is 6.09 Å². The Morgan fingerprint density at radius 2 is 1.86 bits per heavy atom. The number of nitrogens with one attached hydrogen (secondary N) is 1. The molecule has 0 radical (unpaired) electrons. The van der Waals surface area contributed by atoms with Crippen molar-refractivity contribution >= 4 is 22.9 Å². The van der Waals surface area contributed by atoms with Gasteiger partial charge in [0.2, 0.25) is 0 Å². The standard InChI is InChI=1S/C26H27FN6O3/c1-26(2,3)36-25(34)31-15-11-16(12-15)33-24-21(23(28)29-14-30-24)22(32-33)19-10-9-18(13-20(19)27)35-17-7-5-4-6-8-17/h4-10,13-16H,11-12H2,1-3H3,(H,31,34)(H2,28,29,30). The van der Waals surface area contributed by atoms with Crippen LogP contribution in [0.5, 0.6) is 11.5 Å². The third-order valence-electron chi connectivity index (χ3n) is 5.87. The number of carbonyl (C=O) groups is 1. The van der Waals surface area contributed by atoms with Crippen molar-refractivity contribution in [1.82, 2.24) is 25.1 Å². The summed E-state index contributed by atoms with van der Waals surface area (Å²) in [6.07, 6.45) is 2.17. The Balaban J connectivity index is 1.40. The smallest absolute Gasteiger partial charge is 0.407 e. The SMILES string of the molecule is CC(C)(C)OC(=O)NC1CC(n2nc(-c3ccc(Oc4ccccc4)cc3F)c3c(N)ncnc32)C1. The first kappa shape index (κ1) is 23.5. The lowest BCUT2D eigenvalue weighted by Crippen LogP contribution is -2.46. The molecular weight excluding hydrogens is 463 g/mol. The Hall–Kier alpha value is -4.21. The second-order valence-electron chi connectivity index (χ2n) is 9.78. The van der Waals surface area contributed by atoms with E-state index in [1.54, 1.807) is 28.9 Å². The minimum atomic E-state index is -0.569. The van der Waals surface area contributed by atoms with Crippen molar-refractivity contribution in [2.24, 2.45) is 0 Å². The number of nitrogens with zero attached hydrogens (tertiary/aromatic N) is 4. The molecular formula is C26H27FN6O3. The number of amides is 1. The monoisotopic (exact) mass is 490 g/mol. The summed E-state index contributed by atoms with van der Waals surface area (Å²) < 4.78 is 28.1. The van der Waals surface area contributed by atoms with E-state index in [9.17, 15) is 4.79 Å². The molecule has 0 unspecified atom stereocenters. The van der Waals surface area contributed by atoms with Gasteiger partial charge in [-0.05, 0) is 57.9 Å². The van der Waals surface area contributed by atoms with Gasteiger partial charge in [0.25, 0.3) is 0 Å². The third-order valence-corrected chi connectivity index (χ3v) is 5.87. The topological polar surface area (TPSA) is 117 Å². The number of hydrogen-bond donors (Lipinski definition) is 2. The number of anilines is 1. The Morgan fingerprint density at radius 3 is 2.56 bits per heavy atom. The molecule has 1 fully saturated rings. The minimum Gasteiger partial charge on any atom is -0.457 e. The van der Waals surface area contributed by atoms with Gasteiger partial charge in [0, 0.05) is 17.7 Å². The first-order valence-electron chi connectivity index (χ1n) is 11.7. The second kappa shape index (κ2) is 9.10. The molecule has 36 heavy (non-hydrogen) atoms. The molecule has 186 valence electrons. The van der Waals surface area contributed by atoms with Gasteiger partial charge in [0.05, 0.1) is 11.4 Å². The van der Waals surface area contributed by atoms with Gasteiger partial charge in [0.1, 0.15) is 40.8 Å². The fourth-order valence-corrected chi connectivity index (χ4v) is 4.19. The number of fused-ring (bicyclic) bond motifs is 1. The van der Waals surface area contributed by atoms with E-state index in [4.69, 9.17) is 20.3 Å². The molecule has 0 atom stereocenters. The highest BCUT2D eigenvalue weighted by Gasteiger charge is 2.35. The maximum atomic E-state index is 15.3. The molecule has 1 saturated carbocycles. The predicted octanol–water partition coefficient (Wildman–Crippen LogP) is 5.24. The third kappa shape index (κ3) is 4.79. The number of alkyl carbamates (subject to hydrolysis) is 1. The number of hydrogen-bond acceptors (Lipinski definition) is 7. The maximum absolute atomic E-state index is 15.3. The number of halogens is 1. The van der Waals surface area contributed by atoms with Gasteiger partial charge in [-0.1, -0.05) is 18.2 Å². The summed E-state index contributed by atoms with van der Waals surface area (Å²) >= 11 is 0. The van der Waals surface area contributed by atoms with Crippen LogP contribution in [0.3, 0.4) is 0 Å². The number of ether oxygens (including phenoxy) is 2. The maximum Gasteiger partial charge on any atom is 0.407 e. The molecule has 1 aliphatic rings. The summed E-state index contributed by atoms with van der Waals surface area (Å²) in [6, 6.07) is 13.7. The lowest BCUT2D eigenvalue weighted by atomic mass is 9.87. The zero-order chi connectivity index (χ0) is 25.4. The Labute approximate surface area is 207 Å². The minimum absolute atomic E-state index is 0.0424. The molecule has 0 spiro atoms. The average Bonchev–Trinajstić information content (AvgIpc) is 3.16. The van der Waals surface area contributed by atoms with Crippen LogP contribution in [-0.4, -0.2) is 37.5 Å². The molecule has 1 amide bonds. The van der Waals surface area contributed by atoms with Crippen LogP contribution < -0.4 is 15.8 Å². The van der Waals surface area contributed by atoms with Crippen molar-refractivity contribution in [1.29, 1.82) is 0 Å². The van der Waals surface area contributed by atoms with Gasteiger partial charge in [-0.25, -0.2) is 23.8 Å². The van der Waals surface area contributed by atoms with Crippen LogP contribution >= 0.6 is 0 Å². The number of aromatic nitrogens is 4. The highest BCUT2D eigenvalue weighted by molar-refractivity contribution is 5.98. The van der Waals surface area contributed by atoms with E-state index < -0.39 is 17.5 Å². The molecule has 4 aromatic rings. The fraction of sp³-hybridized carbons (Fsp3) is 0.308. The second-order valence-corrected chi connectivity index (χ2v) is 9.78. The molecule has 0 aliphatic heterocycles. The van der Waals surface area contributed by atoms with E-state index in [2.05, 4.69) is 15.3 Å². The van der Waals surface area contributed by atoms with Crippen LogP contribution in [0.25, 0.3) is 22.3 Å². The van der Waals surface area contributed by atoms with Gasteiger partial charge in [0.15, 0.2) is 5.65 Å². The van der Waals surface area contributed by atoms with Crippen molar-refractivity contribution in [3.8, 4) is 22.8 Å². The number of carbonyl (C=O) groups excluding carboxylic acids is 1. The lowest BCUT2D eigenvalue weighted by molar-refractivity contribution is 0.0454. The average molecular weight is 491 g/mol. The number of rotatable bonds is 5. The zero-order valence-corrected chi connectivity index (χ0v) is 20.2. The summed E-state index contributed by atoms with van der Waals surface area (Å²) in [4.78, 5) is 20.6. The Morgan fingerprint density at radius 1 is 1.11 bits per heavy atom. The van der Waals surface area contributed by atoms with Crippen molar-refractivity contribution in [2.75, 3.05) is 5.73 Å². The number of para-hydroxylation sites is 1. The lowest BCUT2D eigenvalue weighted by Gasteiger charge is -2.36. The van der Waals surface area contributed by atoms with Crippen LogP contribution in [0, 0.1) is 5.82 Å². The largest absolute Gasteiger partial charge is 0.457 e. The van der Waals surface area contributed by atoms with E-state index >= 15 is 4.39 Å². The van der Waals surface area contributed by atoms with Gasteiger partial charge < -0.3 is 20.5 Å². The first-order chi connectivity index (χ1) is 17.2. The molecule has 2 aromatic carbocycles. The highest BCUT2D eigenvalue weighted by Crippen LogP contribution is 2.39. The van der Waals surface area contributed by atoms with Gasteiger partial charge in [-0.2, -0.15) is 5.10 Å². The van der Waals surface area contributed by atoms with E-state index in [0.717, 1.165) is 0 Å². The van der Waals surface area contributed by atoms with E-state index in [1.807, 2.05) is 39.0 Å². The molecule has 2 heterocycles. The molecule has 1 aliphatic carbocycles. The molecule has 0 bridgehead atoms. The molecule has 0 saturated heterocycles. The van der Waals surface area contributed by atoms with Crippen LogP contribution in [0.2, 0.25) is 0 Å². The van der Waals surface area contributed by atoms with Crippen LogP contribution in [0.1, 0.15) is 39.7 Å². The summed E-state index contributed by atoms with van der Waals surface area (Å²) in [6.45, 7) is 5.45. The normalized spacial score (nSPS) is 17.4. The van der Waals surface area contributed by atoms with Gasteiger partial charge in [-0.3, -0.25) is 0 Å². The van der Waals surface area contributed by atoms with Crippen molar-refractivity contribution in [3.63, 3.8) is 0 Å². The van der Waals surface area contributed by atoms with Crippen LogP contribution in [0.4, 0.5) is 15.0 Å². The van der Waals surface area contributed by atoms with Crippen molar-refractivity contribution in [3.05, 3.63) is 60.7 Å². The quantitative estimate of drug-likeness (QED) is 0.393. The summed E-state index contributed by atoms with van der Waals surface area (Å²) in [5, 5.41) is 8.05. The highest BCUT2D eigenvalue weighted by atomic mass is 19.1. The Bertz CT molecular complexity index is 1410.